The summed E-state index contributed by atoms with van der Waals surface area (Å²) in [6.45, 7) is 1.09. The molecule has 1 amide bonds. The van der Waals surface area contributed by atoms with Gasteiger partial charge in [-0.25, -0.2) is 8.42 Å². The van der Waals surface area contributed by atoms with Crippen LogP contribution in [0.2, 0.25) is 0 Å². The molecule has 2 rings (SSSR count). The van der Waals surface area contributed by atoms with E-state index in [2.05, 4.69) is 5.32 Å². The zero-order valence-corrected chi connectivity index (χ0v) is 16.6. The van der Waals surface area contributed by atoms with Crippen LogP contribution in [0, 0.1) is 17.0 Å². The lowest BCUT2D eigenvalue weighted by molar-refractivity contribution is -0.385. The Hall–Kier alpha value is -2.16. The van der Waals surface area contributed by atoms with Gasteiger partial charge in [0, 0.05) is 12.1 Å². The first-order chi connectivity index (χ1) is 12.7. The standard InChI is InChI=1S/C18H27N3O5S/c1-14-16(11-8-12-17(14)21(23)24)20(27(2,25)26)13-18(22)19-15-9-6-4-3-5-7-10-15/h8,11-12,15H,3-7,9-10,13H2,1-2H3,(H,19,22). The average molecular weight is 397 g/mol. The zero-order valence-electron chi connectivity index (χ0n) is 15.8. The minimum atomic E-state index is -3.78. The van der Waals surface area contributed by atoms with Crippen LogP contribution in [0.3, 0.4) is 0 Å². The Morgan fingerprint density at radius 3 is 2.37 bits per heavy atom. The summed E-state index contributed by atoms with van der Waals surface area (Å²) in [6, 6.07) is 4.26. The van der Waals surface area contributed by atoms with Gasteiger partial charge in [0.15, 0.2) is 0 Å². The summed E-state index contributed by atoms with van der Waals surface area (Å²) in [6.07, 6.45) is 8.38. The number of rotatable bonds is 6. The minimum absolute atomic E-state index is 0.0467. The summed E-state index contributed by atoms with van der Waals surface area (Å²) in [7, 11) is -3.78. The van der Waals surface area contributed by atoms with E-state index in [1.54, 1.807) is 0 Å². The monoisotopic (exact) mass is 397 g/mol. The Morgan fingerprint density at radius 2 is 1.81 bits per heavy atom. The number of nitro groups is 1. The van der Waals surface area contributed by atoms with E-state index in [0.29, 0.717) is 0 Å². The number of sulfonamides is 1. The molecule has 0 unspecified atom stereocenters. The molecule has 0 radical (unpaired) electrons. The fourth-order valence-electron chi connectivity index (χ4n) is 3.46. The lowest BCUT2D eigenvalue weighted by Crippen LogP contribution is -2.44. The van der Waals surface area contributed by atoms with Gasteiger partial charge in [-0.3, -0.25) is 19.2 Å². The van der Waals surface area contributed by atoms with Crippen LogP contribution < -0.4 is 9.62 Å². The fraction of sp³-hybridized carbons (Fsp3) is 0.611. The van der Waals surface area contributed by atoms with Crippen molar-refractivity contribution in [3.63, 3.8) is 0 Å². The van der Waals surface area contributed by atoms with E-state index in [-0.39, 0.29) is 23.0 Å². The normalized spacial score (nSPS) is 16.2. The van der Waals surface area contributed by atoms with E-state index in [1.165, 1.54) is 31.5 Å². The summed E-state index contributed by atoms with van der Waals surface area (Å²) >= 11 is 0. The third-order valence-corrected chi connectivity index (χ3v) is 6.03. The fourth-order valence-corrected chi connectivity index (χ4v) is 4.37. The van der Waals surface area contributed by atoms with Gasteiger partial charge in [-0.1, -0.05) is 38.2 Å². The smallest absolute Gasteiger partial charge is 0.274 e. The number of anilines is 1. The zero-order chi connectivity index (χ0) is 20.0. The number of nitrogens with zero attached hydrogens (tertiary/aromatic N) is 2. The Bertz CT molecular complexity index is 786. The topological polar surface area (TPSA) is 110 Å². The molecule has 0 atom stereocenters. The van der Waals surface area contributed by atoms with Crippen LogP contribution >= 0.6 is 0 Å². The molecular formula is C18H27N3O5S. The maximum absolute atomic E-state index is 12.5. The number of benzene rings is 1. The van der Waals surface area contributed by atoms with Gasteiger partial charge in [0.2, 0.25) is 15.9 Å². The summed E-state index contributed by atoms with van der Waals surface area (Å²) < 4.78 is 25.5. The van der Waals surface area contributed by atoms with Gasteiger partial charge in [-0.05, 0) is 25.8 Å². The number of amides is 1. The van der Waals surface area contributed by atoms with Gasteiger partial charge in [0.25, 0.3) is 5.69 Å². The van der Waals surface area contributed by atoms with Crippen LogP contribution in [0.4, 0.5) is 11.4 Å². The molecule has 0 aliphatic heterocycles. The van der Waals surface area contributed by atoms with Crippen molar-refractivity contribution < 1.29 is 18.1 Å². The largest absolute Gasteiger partial charge is 0.352 e. The Morgan fingerprint density at radius 1 is 1.22 bits per heavy atom. The number of hydrogen-bond donors (Lipinski definition) is 1. The second-order valence-corrected chi connectivity index (χ2v) is 8.96. The summed E-state index contributed by atoms with van der Waals surface area (Å²) in [4.78, 5) is 23.1. The molecule has 0 aromatic heterocycles. The van der Waals surface area contributed by atoms with Crippen molar-refractivity contribution in [2.45, 2.75) is 57.9 Å². The molecule has 1 aromatic carbocycles. The van der Waals surface area contributed by atoms with Crippen LogP contribution in [0.5, 0.6) is 0 Å². The highest BCUT2D eigenvalue weighted by atomic mass is 32.2. The highest BCUT2D eigenvalue weighted by molar-refractivity contribution is 7.92. The van der Waals surface area contributed by atoms with E-state index in [9.17, 15) is 23.3 Å². The van der Waals surface area contributed by atoms with Crippen LogP contribution in [-0.2, 0) is 14.8 Å². The van der Waals surface area contributed by atoms with Crippen LogP contribution in [0.25, 0.3) is 0 Å². The van der Waals surface area contributed by atoms with Crippen LogP contribution in [0.1, 0.15) is 50.5 Å². The van der Waals surface area contributed by atoms with E-state index in [1.807, 2.05) is 0 Å². The summed E-state index contributed by atoms with van der Waals surface area (Å²) in [5.41, 5.74) is 0.188. The van der Waals surface area contributed by atoms with Crippen molar-refractivity contribution in [2.24, 2.45) is 0 Å². The molecule has 8 nitrogen and oxygen atoms in total. The van der Waals surface area contributed by atoms with Crippen LogP contribution in [-0.4, -0.2) is 38.1 Å². The van der Waals surface area contributed by atoms with Gasteiger partial charge in [0.1, 0.15) is 6.54 Å². The number of carbonyl (C=O) groups excluding carboxylic acids is 1. The van der Waals surface area contributed by atoms with Gasteiger partial charge in [-0.15, -0.1) is 0 Å². The van der Waals surface area contributed by atoms with Gasteiger partial charge in [0.05, 0.1) is 22.4 Å². The first-order valence-electron chi connectivity index (χ1n) is 9.21. The average Bonchev–Trinajstić information content (AvgIpc) is 2.54. The maximum Gasteiger partial charge on any atom is 0.274 e. The molecule has 1 fully saturated rings. The lowest BCUT2D eigenvalue weighted by atomic mass is 9.97. The number of hydrogen-bond acceptors (Lipinski definition) is 5. The number of nitrogens with one attached hydrogen (secondary N) is 1. The molecular weight excluding hydrogens is 370 g/mol. The predicted octanol–water partition coefficient (Wildman–Crippen LogP) is 2.90. The second kappa shape index (κ2) is 9.16. The first-order valence-corrected chi connectivity index (χ1v) is 11.1. The van der Waals surface area contributed by atoms with Gasteiger partial charge >= 0.3 is 0 Å². The first kappa shape index (κ1) is 21.1. The molecule has 27 heavy (non-hydrogen) atoms. The Kier molecular flexibility index (Phi) is 7.18. The Labute approximate surface area is 160 Å². The minimum Gasteiger partial charge on any atom is -0.352 e. The molecule has 1 saturated carbocycles. The SMILES string of the molecule is Cc1c(N(CC(=O)NC2CCCCCCC2)S(C)(=O)=O)cccc1[N+](=O)[O-]. The third-order valence-electron chi connectivity index (χ3n) is 4.90. The molecule has 1 aliphatic carbocycles. The van der Waals surface area contributed by atoms with E-state index in [4.69, 9.17) is 0 Å². The molecule has 0 spiro atoms. The van der Waals surface area contributed by atoms with Crippen molar-refractivity contribution in [1.82, 2.24) is 5.32 Å². The summed E-state index contributed by atoms with van der Waals surface area (Å²) in [5.74, 6) is -0.392. The van der Waals surface area contributed by atoms with Crippen molar-refractivity contribution >= 4 is 27.3 Å². The molecule has 1 N–H and O–H groups in total. The van der Waals surface area contributed by atoms with Crippen molar-refractivity contribution in [3.8, 4) is 0 Å². The molecule has 0 heterocycles. The van der Waals surface area contributed by atoms with Crippen molar-refractivity contribution in [2.75, 3.05) is 17.1 Å². The molecule has 0 saturated heterocycles. The maximum atomic E-state index is 12.5. The molecule has 1 aliphatic rings. The molecule has 0 bridgehead atoms. The number of nitro benzene ring substituents is 1. The predicted molar refractivity (Wildman–Crippen MR) is 104 cm³/mol. The Balaban J connectivity index is 2.19. The third kappa shape index (κ3) is 5.92. The molecule has 1 aromatic rings. The molecule has 150 valence electrons. The van der Waals surface area contributed by atoms with Gasteiger partial charge in [-0.2, -0.15) is 0 Å². The molecule has 9 heteroatoms. The highest BCUT2D eigenvalue weighted by Crippen LogP contribution is 2.29. The second-order valence-electron chi connectivity index (χ2n) is 7.06. The van der Waals surface area contributed by atoms with E-state index >= 15 is 0 Å². The lowest BCUT2D eigenvalue weighted by Gasteiger charge is -2.26. The van der Waals surface area contributed by atoms with Gasteiger partial charge < -0.3 is 5.32 Å². The van der Waals surface area contributed by atoms with E-state index < -0.39 is 27.4 Å². The number of carbonyl (C=O) groups is 1. The van der Waals surface area contributed by atoms with Crippen molar-refractivity contribution in [3.05, 3.63) is 33.9 Å². The highest BCUT2D eigenvalue weighted by Gasteiger charge is 2.26. The summed E-state index contributed by atoms with van der Waals surface area (Å²) in [5, 5.41) is 14.1. The van der Waals surface area contributed by atoms with Crippen molar-refractivity contribution in [1.29, 1.82) is 0 Å². The quantitative estimate of drug-likeness (QED) is 0.586. The van der Waals surface area contributed by atoms with E-state index in [0.717, 1.165) is 49.1 Å². The van der Waals surface area contributed by atoms with Crippen LogP contribution in [0.15, 0.2) is 18.2 Å².